The molecule has 0 aliphatic heterocycles. The van der Waals surface area contributed by atoms with Gasteiger partial charge in [-0.1, -0.05) is 56.2 Å². The van der Waals surface area contributed by atoms with Crippen LogP contribution in [0.25, 0.3) is 22.2 Å². The van der Waals surface area contributed by atoms with E-state index in [9.17, 15) is 14.4 Å². The van der Waals surface area contributed by atoms with Gasteiger partial charge in [-0.3, -0.25) is 25.2 Å². The Kier molecular flexibility index (Phi) is 7.61. The van der Waals surface area contributed by atoms with Crippen molar-refractivity contribution in [3.8, 4) is 11.5 Å². The minimum absolute atomic E-state index is 0.0292. The number of hydrogen-bond donors (Lipinski definition) is 2. The van der Waals surface area contributed by atoms with E-state index >= 15 is 0 Å². The monoisotopic (exact) mass is 474 g/mol. The number of fused-ring (bicyclic) bond motifs is 1. The molecule has 180 valence electrons. The van der Waals surface area contributed by atoms with Crippen molar-refractivity contribution in [3.05, 3.63) is 76.5 Å². The Balaban J connectivity index is 1.38. The molecule has 2 aromatic carbocycles. The van der Waals surface area contributed by atoms with Crippen molar-refractivity contribution < 1.29 is 14.0 Å². The zero-order valence-corrected chi connectivity index (χ0v) is 19.4. The highest BCUT2D eigenvalue weighted by Gasteiger charge is 2.17. The fourth-order valence-electron chi connectivity index (χ4n) is 3.59. The van der Waals surface area contributed by atoms with Gasteiger partial charge in [-0.2, -0.15) is 5.10 Å². The molecule has 0 unspecified atom stereocenters. The molecule has 2 heterocycles. The van der Waals surface area contributed by atoms with Gasteiger partial charge >= 0.3 is 0 Å². The molecule has 0 bridgehead atoms. The number of unbranched alkanes of at least 4 members (excludes halogenated alkanes) is 2. The van der Waals surface area contributed by atoms with E-state index in [0.29, 0.717) is 29.1 Å². The molecule has 35 heavy (non-hydrogen) atoms. The molecule has 4 aromatic rings. The smallest absolute Gasteiger partial charge is 0.290 e. The van der Waals surface area contributed by atoms with Crippen LogP contribution >= 0.6 is 0 Å². The summed E-state index contributed by atoms with van der Waals surface area (Å²) in [6.07, 6.45) is 2.97. The lowest BCUT2D eigenvalue weighted by Gasteiger charge is -2.11. The van der Waals surface area contributed by atoms with Gasteiger partial charge in [0.15, 0.2) is 5.69 Å². The molecule has 10 heteroatoms. The molecule has 0 saturated heterocycles. The molecule has 2 aromatic heterocycles. The maximum absolute atomic E-state index is 12.8. The Bertz CT molecular complexity index is 1380. The normalized spacial score (nSPS) is 10.9. The van der Waals surface area contributed by atoms with Crippen LogP contribution in [0.4, 0.5) is 0 Å². The maximum Gasteiger partial charge on any atom is 0.290 e. The van der Waals surface area contributed by atoms with Gasteiger partial charge in [0.05, 0.1) is 5.39 Å². The van der Waals surface area contributed by atoms with Gasteiger partial charge in [0.2, 0.25) is 17.7 Å². The van der Waals surface area contributed by atoms with Gasteiger partial charge in [0, 0.05) is 30.3 Å². The van der Waals surface area contributed by atoms with Gasteiger partial charge in [0.25, 0.3) is 11.5 Å². The molecular formula is C25H26N6O4. The molecule has 0 saturated carbocycles. The summed E-state index contributed by atoms with van der Waals surface area (Å²) in [6.45, 7) is 2.48. The molecule has 0 atom stereocenters. The third kappa shape index (κ3) is 5.78. The fraction of sp³-hybridized carbons (Fsp3) is 0.280. The first-order chi connectivity index (χ1) is 17.1. The van der Waals surface area contributed by atoms with Crippen LogP contribution in [0.3, 0.4) is 0 Å². The van der Waals surface area contributed by atoms with Crippen LogP contribution in [0.2, 0.25) is 0 Å². The Morgan fingerprint density at radius 1 is 0.943 bits per heavy atom. The molecular weight excluding hydrogens is 448 g/mol. The number of nitrogens with one attached hydrogen (secondary N) is 2. The SMILES string of the molecule is CCCCCn1nc(C(=O)NNC(=O)CCc2nnc(-c3ccccc3)o2)c2ccccc2c1=O. The Hall–Kier alpha value is -4.34. The van der Waals surface area contributed by atoms with Crippen LogP contribution in [0.15, 0.2) is 63.8 Å². The van der Waals surface area contributed by atoms with Crippen LogP contribution in [0.5, 0.6) is 0 Å². The van der Waals surface area contributed by atoms with E-state index in [1.807, 2.05) is 30.3 Å². The molecule has 4 rings (SSSR count). The summed E-state index contributed by atoms with van der Waals surface area (Å²) in [6, 6.07) is 16.1. The summed E-state index contributed by atoms with van der Waals surface area (Å²) in [5.41, 5.74) is 5.39. The van der Waals surface area contributed by atoms with Crippen molar-refractivity contribution in [2.24, 2.45) is 0 Å². The number of carbonyl (C=O) groups excluding carboxylic acids is 2. The number of rotatable bonds is 9. The second-order valence-corrected chi connectivity index (χ2v) is 8.00. The van der Waals surface area contributed by atoms with Crippen LogP contribution in [0, 0.1) is 0 Å². The van der Waals surface area contributed by atoms with Crippen LogP contribution in [-0.2, 0) is 17.8 Å². The first-order valence-corrected chi connectivity index (χ1v) is 11.5. The van der Waals surface area contributed by atoms with Gasteiger partial charge in [-0.05, 0) is 24.6 Å². The number of hydrogen-bond acceptors (Lipinski definition) is 7. The van der Waals surface area contributed by atoms with E-state index in [2.05, 4.69) is 33.1 Å². The quantitative estimate of drug-likeness (QED) is 0.281. The van der Waals surface area contributed by atoms with Crippen LogP contribution in [-0.4, -0.2) is 31.8 Å². The van der Waals surface area contributed by atoms with Crippen molar-refractivity contribution in [2.45, 2.75) is 45.6 Å². The molecule has 2 amide bonds. The van der Waals surface area contributed by atoms with Crippen LogP contribution in [0.1, 0.15) is 49.0 Å². The molecule has 0 radical (unpaired) electrons. The molecule has 0 fully saturated rings. The zero-order chi connectivity index (χ0) is 24.6. The number of carbonyl (C=O) groups is 2. The zero-order valence-electron chi connectivity index (χ0n) is 19.4. The lowest BCUT2D eigenvalue weighted by molar-refractivity contribution is -0.121. The van der Waals surface area contributed by atoms with Crippen molar-refractivity contribution in [3.63, 3.8) is 0 Å². The summed E-state index contributed by atoms with van der Waals surface area (Å²) >= 11 is 0. The molecule has 0 aliphatic carbocycles. The van der Waals surface area contributed by atoms with E-state index < -0.39 is 11.8 Å². The topological polar surface area (TPSA) is 132 Å². The van der Waals surface area contributed by atoms with E-state index in [1.165, 1.54) is 4.68 Å². The highest BCUT2D eigenvalue weighted by Crippen LogP contribution is 2.17. The van der Waals surface area contributed by atoms with Gasteiger partial charge in [0.1, 0.15) is 0 Å². The van der Waals surface area contributed by atoms with E-state index in [1.54, 1.807) is 24.3 Å². The van der Waals surface area contributed by atoms with Crippen molar-refractivity contribution in [2.75, 3.05) is 0 Å². The number of benzene rings is 2. The first-order valence-electron chi connectivity index (χ1n) is 11.5. The Morgan fingerprint density at radius 3 is 2.46 bits per heavy atom. The lowest BCUT2D eigenvalue weighted by Crippen LogP contribution is -2.43. The summed E-state index contributed by atoms with van der Waals surface area (Å²) in [5.74, 6) is -0.347. The standard InChI is InChI=1S/C25H26N6O4/c1-2-3-9-16-31-25(34)19-13-8-7-12-18(19)22(30-31)23(33)28-26-20(32)14-15-21-27-29-24(35-21)17-10-5-4-6-11-17/h4-8,10-13H,2-3,9,14-16H2,1H3,(H,26,32)(H,28,33). The first kappa shape index (κ1) is 23.8. The predicted molar refractivity (Wildman–Crippen MR) is 129 cm³/mol. The average molecular weight is 475 g/mol. The second-order valence-electron chi connectivity index (χ2n) is 8.00. The Morgan fingerprint density at radius 2 is 1.69 bits per heavy atom. The van der Waals surface area contributed by atoms with E-state index in [4.69, 9.17) is 4.42 Å². The van der Waals surface area contributed by atoms with Gasteiger partial charge in [-0.25, -0.2) is 4.68 Å². The van der Waals surface area contributed by atoms with Crippen LogP contribution < -0.4 is 16.4 Å². The summed E-state index contributed by atoms with van der Waals surface area (Å²) < 4.78 is 6.91. The molecule has 0 spiro atoms. The number of aromatic nitrogens is 4. The number of nitrogens with zero attached hydrogens (tertiary/aromatic N) is 4. The largest absolute Gasteiger partial charge is 0.421 e. The Labute approximate surface area is 201 Å². The number of aryl methyl sites for hydroxylation is 2. The highest BCUT2D eigenvalue weighted by molar-refractivity contribution is 6.05. The minimum Gasteiger partial charge on any atom is -0.421 e. The van der Waals surface area contributed by atoms with Gasteiger partial charge < -0.3 is 4.42 Å². The summed E-state index contributed by atoms with van der Waals surface area (Å²) in [4.78, 5) is 37.9. The fourth-order valence-corrected chi connectivity index (χ4v) is 3.59. The van der Waals surface area contributed by atoms with Crippen molar-refractivity contribution in [1.82, 2.24) is 30.8 Å². The molecule has 2 N–H and O–H groups in total. The van der Waals surface area contributed by atoms with Crippen molar-refractivity contribution in [1.29, 1.82) is 0 Å². The lowest BCUT2D eigenvalue weighted by atomic mass is 10.1. The second kappa shape index (κ2) is 11.2. The minimum atomic E-state index is -0.608. The van der Waals surface area contributed by atoms with E-state index in [0.717, 1.165) is 24.8 Å². The maximum atomic E-state index is 12.8. The third-order valence-corrected chi connectivity index (χ3v) is 5.43. The third-order valence-electron chi connectivity index (χ3n) is 5.43. The van der Waals surface area contributed by atoms with Gasteiger partial charge in [-0.15, -0.1) is 10.2 Å². The average Bonchev–Trinajstić information content (AvgIpc) is 3.37. The highest BCUT2D eigenvalue weighted by atomic mass is 16.4. The molecule has 10 nitrogen and oxygen atoms in total. The van der Waals surface area contributed by atoms with E-state index in [-0.39, 0.29) is 24.1 Å². The summed E-state index contributed by atoms with van der Waals surface area (Å²) in [5, 5.41) is 13.1. The number of hydrazine groups is 1. The molecule has 0 aliphatic rings. The summed E-state index contributed by atoms with van der Waals surface area (Å²) in [7, 11) is 0. The number of amides is 2. The van der Waals surface area contributed by atoms with Crippen molar-refractivity contribution >= 4 is 22.6 Å². The predicted octanol–water partition coefficient (Wildman–Crippen LogP) is 3.03.